The predicted octanol–water partition coefficient (Wildman–Crippen LogP) is 5.82. The highest BCUT2D eigenvalue weighted by molar-refractivity contribution is 9.10. The van der Waals surface area contributed by atoms with E-state index in [-0.39, 0.29) is 11.4 Å². The van der Waals surface area contributed by atoms with Gasteiger partial charge in [-0.25, -0.2) is 0 Å². The van der Waals surface area contributed by atoms with Gasteiger partial charge in [-0.05, 0) is 54.4 Å². The van der Waals surface area contributed by atoms with E-state index < -0.39 is 11.5 Å². The summed E-state index contributed by atoms with van der Waals surface area (Å²) in [5.74, 6) is -0.213. The lowest BCUT2D eigenvalue weighted by molar-refractivity contribution is 0.103. The number of nitrogens with zero attached hydrogens (tertiary/aromatic N) is 1. The van der Waals surface area contributed by atoms with Gasteiger partial charge in [0.1, 0.15) is 0 Å². The van der Waals surface area contributed by atoms with Crippen LogP contribution in [0.1, 0.15) is 21.5 Å². The van der Waals surface area contributed by atoms with E-state index >= 15 is 0 Å². The second kappa shape index (κ2) is 10.1. The van der Waals surface area contributed by atoms with Crippen molar-refractivity contribution in [2.24, 2.45) is 0 Å². The van der Waals surface area contributed by atoms with Crippen molar-refractivity contribution in [1.29, 1.82) is 0 Å². The summed E-state index contributed by atoms with van der Waals surface area (Å²) in [7, 11) is 3.07. The van der Waals surface area contributed by atoms with E-state index in [2.05, 4.69) is 15.9 Å². The molecular formula is C27H24BrNO5. The first-order chi connectivity index (χ1) is 16.4. The summed E-state index contributed by atoms with van der Waals surface area (Å²) in [4.78, 5) is 13.5. The van der Waals surface area contributed by atoms with E-state index in [0.29, 0.717) is 41.3 Å². The maximum absolute atomic E-state index is 13.5. The van der Waals surface area contributed by atoms with Crippen LogP contribution in [0.5, 0.6) is 23.1 Å². The van der Waals surface area contributed by atoms with Crippen molar-refractivity contribution in [3.8, 4) is 34.4 Å². The molecule has 1 aromatic heterocycles. The molecule has 1 heterocycles. The van der Waals surface area contributed by atoms with Crippen molar-refractivity contribution in [1.82, 2.24) is 4.57 Å². The molecule has 7 heteroatoms. The Morgan fingerprint density at radius 2 is 1.59 bits per heavy atom. The molecule has 0 saturated carbocycles. The smallest absolute Gasteiger partial charge is 0.235 e. The Morgan fingerprint density at radius 3 is 2.24 bits per heavy atom. The Hall–Kier alpha value is -3.71. The van der Waals surface area contributed by atoms with Crippen LogP contribution in [0.4, 0.5) is 0 Å². The highest BCUT2D eigenvalue weighted by Gasteiger charge is 2.29. The Bertz CT molecular complexity index is 1310. The molecule has 0 bridgehead atoms. The number of halogens is 1. The molecule has 4 aromatic rings. The third-order valence-electron chi connectivity index (χ3n) is 5.67. The van der Waals surface area contributed by atoms with E-state index in [1.165, 1.54) is 7.11 Å². The molecule has 0 aliphatic heterocycles. The predicted molar refractivity (Wildman–Crippen MR) is 134 cm³/mol. The molecule has 0 atom stereocenters. The van der Waals surface area contributed by atoms with Crippen LogP contribution in [-0.2, 0) is 13.0 Å². The van der Waals surface area contributed by atoms with Crippen LogP contribution >= 0.6 is 15.9 Å². The minimum atomic E-state index is -0.453. The quantitative estimate of drug-likeness (QED) is 0.285. The molecule has 0 radical (unpaired) electrons. The molecule has 3 aromatic carbocycles. The third kappa shape index (κ3) is 4.52. The summed E-state index contributed by atoms with van der Waals surface area (Å²) in [6.07, 6.45) is 0.592. The Morgan fingerprint density at radius 1 is 0.912 bits per heavy atom. The molecule has 0 aliphatic rings. The number of ether oxygens (including phenoxy) is 2. The van der Waals surface area contributed by atoms with Gasteiger partial charge in [0.05, 0.1) is 25.5 Å². The molecule has 0 aliphatic carbocycles. The average Bonchev–Trinajstić information content (AvgIpc) is 3.12. The monoisotopic (exact) mass is 521 g/mol. The molecule has 0 fully saturated rings. The van der Waals surface area contributed by atoms with E-state index in [1.807, 2.05) is 30.3 Å². The molecule has 0 saturated heterocycles. The van der Waals surface area contributed by atoms with E-state index in [9.17, 15) is 15.0 Å². The van der Waals surface area contributed by atoms with Crippen molar-refractivity contribution in [3.63, 3.8) is 0 Å². The lowest BCUT2D eigenvalue weighted by atomic mass is 9.99. The minimum absolute atomic E-state index is 0.0279. The van der Waals surface area contributed by atoms with Gasteiger partial charge in [0.2, 0.25) is 5.88 Å². The van der Waals surface area contributed by atoms with Gasteiger partial charge in [0.15, 0.2) is 23.0 Å². The largest absolute Gasteiger partial charge is 0.503 e. The zero-order valence-electron chi connectivity index (χ0n) is 18.8. The number of aromatic nitrogens is 1. The SMILES string of the molecule is COc1ccc(-c2c(C(=O)c3ccc(Br)cc3)c(O)c(O)n2CCc2ccccc2)cc1OC. The van der Waals surface area contributed by atoms with Crippen LogP contribution in [0.15, 0.2) is 77.3 Å². The molecule has 34 heavy (non-hydrogen) atoms. The third-order valence-corrected chi connectivity index (χ3v) is 6.20. The summed E-state index contributed by atoms with van der Waals surface area (Å²) >= 11 is 3.37. The fourth-order valence-corrected chi connectivity index (χ4v) is 4.20. The number of benzene rings is 3. The topological polar surface area (TPSA) is 80.9 Å². The first kappa shape index (κ1) is 23.4. The van der Waals surface area contributed by atoms with Crippen LogP contribution in [-0.4, -0.2) is 34.8 Å². The van der Waals surface area contributed by atoms with E-state index in [0.717, 1.165) is 10.0 Å². The van der Waals surface area contributed by atoms with Crippen molar-refractivity contribution >= 4 is 21.7 Å². The number of hydrogen-bond donors (Lipinski definition) is 2. The van der Waals surface area contributed by atoms with Crippen molar-refractivity contribution < 1.29 is 24.5 Å². The number of carbonyl (C=O) groups is 1. The summed E-state index contributed by atoms with van der Waals surface area (Å²) in [6.45, 7) is 0.348. The van der Waals surface area contributed by atoms with Gasteiger partial charge in [-0.3, -0.25) is 4.79 Å². The zero-order chi connectivity index (χ0) is 24.2. The number of methoxy groups -OCH3 is 2. The van der Waals surface area contributed by atoms with Gasteiger partial charge in [0, 0.05) is 22.1 Å². The standard InChI is InChI=1S/C27H24BrNO5/c1-33-21-13-10-19(16-22(21)34-2)24-23(25(30)18-8-11-20(28)12-9-18)26(31)27(32)29(24)15-14-17-6-4-3-5-7-17/h3-13,16,31-32H,14-15H2,1-2H3. The number of rotatable bonds is 8. The number of hydrogen-bond acceptors (Lipinski definition) is 5. The molecule has 0 unspecified atom stereocenters. The lowest BCUT2D eigenvalue weighted by Gasteiger charge is -2.14. The Balaban J connectivity index is 1.88. The number of aryl methyl sites for hydroxylation is 1. The highest BCUT2D eigenvalue weighted by Crippen LogP contribution is 2.44. The van der Waals surface area contributed by atoms with Gasteiger partial charge in [-0.2, -0.15) is 0 Å². The first-order valence-electron chi connectivity index (χ1n) is 10.7. The van der Waals surface area contributed by atoms with Crippen LogP contribution in [0.25, 0.3) is 11.3 Å². The normalized spacial score (nSPS) is 10.8. The molecule has 6 nitrogen and oxygen atoms in total. The maximum atomic E-state index is 13.5. The van der Waals surface area contributed by atoms with E-state index in [4.69, 9.17) is 9.47 Å². The Labute approximate surface area is 206 Å². The maximum Gasteiger partial charge on any atom is 0.235 e. The fraction of sp³-hybridized carbons (Fsp3) is 0.148. The summed E-state index contributed by atoms with van der Waals surface area (Å²) in [5, 5.41) is 21.8. The molecule has 2 N–H and O–H groups in total. The first-order valence-corrected chi connectivity index (χ1v) is 11.4. The number of ketones is 1. The molecule has 0 spiro atoms. The summed E-state index contributed by atoms with van der Waals surface area (Å²) < 4.78 is 13.2. The zero-order valence-corrected chi connectivity index (χ0v) is 20.4. The van der Waals surface area contributed by atoms with Crippen LogP contribution in [0.3, 0.4) is 0 Å². The second-order valence-electron chi connectivity index (χ2n) is 7.69. The van der Waals surface area contributed by atoms with Gasteiger partial charge in [0.25, 0.3) is 0 Å². The van der Waals surface area contributed by atoms with E-state index in [1.54, 1.807) is 54.1 Å². The summed E-state index contributed by atoms with van der Waals surface area (Å²) in [5.41, 5.74) is 2.48. The van der Waals surface area contributed by atoms with Gasteiger partial charge >= 0.3 is 0 Å². The number of carbonyl (C=O) groups excluding carboxylic acids is 1. The van der Waals surface area contributed by atoms with Crippen LogP contribution in [0.2, 0.25) is 0 Å². The molecular weight excluding hydrogens is 498 g/mol. The highest BCUT2D eigenvalue weighted by atomic mass is 79.9. The number of aromatic hydroxyl groups is 2. The van der Waals surface area contributed by atoms with Gasteiger partial charge < -0.3 is 24.3 Å². The fourth-order valence-electron chi connectivity index (χ4n) is 3.94. The van der Waals surface area contributed by atoms with Gasteiger partial charge in [-0.15, -0.1) is 0 Å². The van der Waals surface area contributed by atoms with Crippen molar-refractivity contribution in [2.45, 2.75) is 13.0 Å². The van der Waals surface area contributed by atoms with Gasteiger partial charge in [-0.1, -0.05) is 46.3 Å². The van der Waals surface area contributed by atoms with Crippen molar-refractivity contribution in [3.05, 3.63) is 94.0 Å². The average molecular weight is 522 g/mol. The summed E-state index contributed by atoms with van der Waals surface area (Å²) in [6, 6.07) is 21.9. The second-order valence-corrected chi connectivity index (χ2v) is 8.60. The lowest BCUT2D eigenvalue weighted by Crippen LogP contribution is -2.07. The molecule has 4 rings (SSSR count). The molecule has 0 amide bonds. The minimum Gasteiger partial charge on any atom is -0.503 e. The van der Waals surface area contributed by atoms with Crippen LogP contribution in [0, 0.1) is 0 Å². The van der Waals surface area contributed by atoms with Crippen LogP contribution < -0.4 is 9.47 Å². The molecule has 174 valence electrons. The Kier molecular flexibility index (Phi) is 6.93. The van der Waals surface area contributed by atoms with Crippen molar-refractivity contribution in [2.75, 3.05) is 14.2 Å².